The summed E-state index contributed by atoms with van der Waals surface area (Å²) in [4.78, 5) is 15.2. The summed E-state index contributed by atoms with van der Waals surface area (Å²) in [6.07, 6.45) is 5.21. The van der Waals surface area contributed by atoms with E-state index in [9.17, 15) is 5.11 Å². The van der Waals surface area contributed by atoms with Gasteiger partial charge < -0.3 is 23.7 Å². The number of aromatic hydroxyl groups is 1. The molecule has 1 aliphatic rings. The van der Waals surface area contributed by atoms with Gasteiger partial charge in [-0.25, -0.2) is 4.98 Å². The van der Waals surface area contributed by atoms with Gasteiger partial charge in [0.1, 0.15) is 29.4 Å². The van der Waals surface area contributed by atoms with Crippen molar-refractivity contribution in [2.45, 2.75) is 19.7 Å². The Kier molecular flexibility index (Phi) is 3.67. The van der Waals surface area contributed by atoms with Crippen molar-refractivity contribution in [2.24, 2.45) is 0 Å². The van der Waals surface area contributed by atoms with E-state index in [2.05, 4.69) is 24.4 Å². The number of imidazole rings is 1. The first kappa shape index (κ1) is 15.7. The Hall–Kier alpha value is -3.55. The number of hydrogen-bond acceptors (Lipinski definition) is 7. The van der Waals surface area contributed by atoms with Crippen LogP contribution in [0.15, 0.2) is 53.3 Å². The molecule has 1 aliphatic heterocycles. The minimum atomic E-state index is 0.135. The molecule has 0 amide bonds. The average Bonchev–Trinajstić information content (AvgIpc) is 3.33. The van der Waals surface area contributed by atoms with Gasteiger partial charge in [0.25, 0.3) is 6.01 Å². The predicted octanol–water partition coefficient (Wildman–Crippen LogP) is 2.72. The Morgan fingerprint density at radius 3 is 3.00 bits per heavy atom. The average molecular weight is 363 g/mol. The standard InChI is InChI=1S/C19H17N5O3/c25-14-2-1-13(21-10-14)12-26-15-3-4-17-16(9-15)22-19(27-17)24-8-7-23-6-5-20-18(23)11-24/h1-6,9-10,25H,7-8,11-12H2. The second kappa shape index (κ2) is 6.31. The van der Waals surface area contributed by atoms with Gasteiger partial charge in [0.2, 0.25) is 0 Å². The SMILES string of the molecule is Oc1ccc(COc2ccc3oc(N4CCn5ccnc5C4)nc3c2)nc1. The van der Waals surface area contributed by atoms with Gasteiger partial charge >= 0.3 is 0 Å². The lowest BCUT2D eigenvalue weighted by molar-refractivity contribution is 0.301. The summed E-state index contributed by atoms with van der Waals surface area (Å²) in [5.41, 5.74) is 2.20. The zero-order valence-electron chi connectivity index (χ0n) is 14.4. The summed E-state index contributed by atoms with van der Waals surface area (Å²) in [5.74, 6) is 1.83. The van der Waals surface area contributed by atoms with Crippen molar-refractivity contribution in [3.63, 3.8) is 0 Å². The highest BCUT2D eigenvalue weighted by molar-refractivity contribution is 5.76. The Bertz CT molecular complexity index is 1090. The molecule has 3 aromatic heterocycles. The van der Waals surface area contributed by atoms with Crippen LogP contribution in [0, 0.1) is 0 Å². The summed E-state index contributed by atoms with van der Waals surface area (Å²) < 4.78 is 13.8. The Morgan fingerprint density at radius 1 is 1.15 bits per heavy atom. The maximum atomic E-state index is 9.28. The van der Waals surface area contributed by atoms with Crippen LogP contribution < -0.4 is 9.64 Å². The van der Waals surface area contributed by atoms with Crippen LogP contribution in [0.1, 0.15) is 11.5 Å². The predicted molar refractivity (Wildman–Crippen MR) is 97.5 cm³/mol. The maximum Gasteiger partial charge on any atom is 0.298 e. The Balaban J connectivity index is 1.33. The number of fused-ring (bicyclic) bond motifs is 2. The third kappa shape index (κ3) is 3.05. The molecule has 0 aliphatic carbocycles. The van der Waals surface area contributed by atoms with E-state index in [4.69, 9.17) is 9.15 Å². The topological polar surface area (TPSA) is 89.4 Å². The third-order valence-electron chi connectivity index (χ3n) is 4.56. The van der Waals surface area contributed by atoms with E-state index >= 15 is 0 Å². The number of benzene rings is 1. The van der Waals surface area contributed by atoms with Crippen molar-refractivity contribution >= 4 is 17.1 Å². The number of anilines is 1. The molecule has 8 nitrogen and oxygen atoms in total. The molecule has 0 fully saturated rings. The fourth-order valence-corrected chi connectivity index (χ4v) is 3.12. The van der Waals surface area contributed by atoms with E-state index in [1.807, 2.05) is 30.6 Å². The molecular weight excluding hydrogens is 346 g/mol. The molecule has 8 heteroatoms. The van der Waals surface area contributed by atoms with E-state index < -0.39 is 0 Å². The van der Waals surface area contributed by atoms with E-state index in [1.54, 1.807) is 12.1 Å². The lowest BCUT2D eigenvalue weighted by atomic mass is 10.3. The van der Waals surface area contributed by atoms with Crippen molar-refractivity contribution in [1.29, 1.82) is 0 Å². The van der Waals surface area contributed by atoms with Gasteiger partial charge in [-0.05, 0) is 24.3 Å². The first-order chi connectivity index (χ1) is 13.2. The highest BCUT2D eigenvalue weighted by atomic mass is 16.5. The van der Waals surface area contributed by atoms with Crippen LogP contribution in [0.2, 0.25) is 0 Å². The number of oxazole rings is 1. The van der Waals surface area contributed by atoms with Gasteiger partial charge in [-0.1, -0.05) is 0 Å². The van der Waals surface area contributed by atoms with Gasteiger partial charge in [0, 0.05) is 31.5 Å². The van der Waals surface area contributed by atoms with Crippen molar-refractivity contribution in [3.8, 4) is 11.5 Å². The van der Waals surface area contributed by atoms with Crippen LogP contribution in [0.25, 0.3) is 11.1 Å². The Morgan fingerprint density at radius 2 is 2.11 bits per heavy atom. The van der Waals surface area contributed by atoms with Crippen LogP contribution in [0.5, 0.6) is 11.5 Å². The molecule has 0 atom stereocenters. The van der Waals surface area contributed by atoms with Crippen molar-refractivity contribution < 1.29 is 14.3 Å². The van der Waals surface area contributed by atoms with Gasteiger partial charge in [-0.15, -0.1) is 0 Å². The van der Waals surface area contributed by atoms with Crippen LogP contribution >= 0.6 is 0 Å². The quantitative estimate of drug-likeness (QED) is 0.596. The van der Waals surface area contributed by atoms with E-state index in [-0.39, 0.29) is 5.75 Å². The van der Waals surface area contributed by atoms with E-state index in [1.165, 1.54) is 6.20 Å². The summed E-state index contributed by atoms with van der Waals surface area (Å²) >= 11 is 0. The van der Waals surface area contributed by atoms with Crippen LogP contribution in [-0.4, -0.2) is 31.2 Å². The fraction of sp³-hybridized carbons (Fsp3) is 0.211. The molecule has 0 saturated carbocycles. The Labute approximate surface area is 154 Å². The highest BCUT2D eigenvalue weighted by Gasteiger charge is 2.21. The van der Waals surface area contributed by atoms with E-state index in [0.29, 0.717) is 30.5 Å². The lowest BCUT2D eigenvalue weighted by Crippen LogP contribution is -2.33. The molecule has 4 heterocycles. The van der Waals surface area contributed by atoms with Gasteiger partial charge in [-0.3, -0.25) is 4.98 Å². The smallest absolute Gasteiger partial charge is 0.298 e. The summed E-state index contributed by atoms with van der Waals surface area (Å²) in [7, 11) is 0. The van der Waals surface area contributed by atoms with Gasteiger partial charge in [-0.2, -0.15) is 4.98 Å². The molecular formula is C19H17N5O3. The number of pyridine rings is 1. The largest absolute Gasteiger partial charge is 0.506 e. The second-order valence-corrected chi connectivity index (χ2v) is 6.38. The summed E-state index contributed by atoms with van der Waals surface area (Å²) in [6, 6.07) is 9.46. The van der Waals surface area contributed by atoms with Crippen molar-refractivity contribution in [1.82, 2.24) is 19.5 Å². The zero-order chi connectivity index (χ0) is 18.2. The minimum absolute atomic E-state index is 0.135. The normalized spacial score (nSPS) is 13.7. The molecule has 5 rings (SSSR count). The number of ether oxygens (including phenoxy) is 1. The first-order valence-electron chi connectivity index (χ1n) is 8.67. The lowest BCUT2D eigenvalue weighted by Gasteiger charge is -2.25. The molecule has 1 aromatic carbocycles. The van der Waals surface area contributed by atoms with Gasteiger partial charge in [0.15, 0.2) is 5.58 Å². The minimum Gasteiger partial charge on any atom is -0.506 e. The number of rotatable bonds is 4. The molecule has 0 radical (unpaired) electrons. The third-order valence-corrected chi connectivity index (χ3v) is 4.56. The summed E-state index contributed by atoms with van der Waals surface area (Å²) in [5, 5.41) is 9.28. The van der Waals surface area contributed by atoms with Crippen LogP contribution in [0.4, 0.5) is 6.01 Å². The fourth-order valence-electron chi connectivity index (χ4n) is 3.12. The molecule has 0 bridgehead atoms. The van der Waals surface area contributed by atoms with E-state index in [0.717, 1.165) is 30.1 Å². The molecule has 4 aromatic rings. The number of aromatic nitrogens is 4. The molecule has 0 unspecified atom stereocenters. The monoisotopic (exact) mass is 363 g/mol. The molecule has 27 heavy (non-hydrogen) atoms. The second-order valence-electron chi connectivity index (χ2n) is 6.38. The zero-order valence-corrected chi connectivity index (χ0v) is 14.4. The highest BCUT2D eigenvalue weighted by Crippen LogP contribution is 2.27. The molecule has 136 valence electrons. The van der Waals surface area contributed by atoms with Crippen LogP contribution in [-0.2, 0) is 19.7 Å². The van der Waals surface area contributed by atoms with Gasteiger partial charge in [0.05, 0.1) is 18.4 Å². The van der Waals surface area contributed by atoms with Crippen molar-refractivity contribution in [2.75, 3.05) is 11.4 Å². The van der Waals surface area contributed by atoms with Crippen molar-refractivity contribution in [3.05, 3.63) is 60.4 Å². The number of nitrogens with zero attached hydrogens (tertiary/aromatic N) is 5. The summed E-state index contributed by atoms with van der Waals surface area (Å²) in [6.45, 7) is 2.68. The first-order valence-corrected chi connectivity index (χ1v) is 8.67. The maximum absolute atomic E-state index is 9.28. The molecule has 0 saturated heterocycles. The van der Waals surface area contributed by atoms with Crippen LogP contribution in [0.3, 0.4) is 0 Å². The molecule has 0 spiro atoms. The number of hydrogen-bond donors (Lipinski definition) is 1. The molecule has 1 N–H and O–H groups in total.